The minimum Gasteiger partial charge on any atom is -0.389 e. The Balaban J connectivity index is 1.74. The van der Waals surface area contributed by atoms with Crippen LogP contribution < -0.4 is 5.32 Å². The van der Waals surface area contributed by atoms with Gasteiger partial charge in [-0.1, -0.05) is 37.1 Å². The maximum absolute atomic E-state index is 10.5. The molecule has 2 nitrogen and oxygen atoms in total. The Labute approximate surface area is 121 Å². The lowest BCUT2D eigenvalue weighted by molar-refractivity contribution is -0.00881. The van der Waals surface area contributed by atoms with Crippen LogP contribution in [0.1, 0.15) is 44.6 Å². The van der Waals surface area contributed by atoms with E-state index in [-0.39, 0.29) is 0 Å². The molecule has 0 aliphatic heterocycles. The van der Waals surface area contributed by atoms with Gasteiger partial charge in [0.05, 0.1) is 5.60 Å². The molecular formula is C16H24ClNO. The van der Waals surface area contributed by atoms with Crippen LogP contribution in [0.2, 0.25) is 5.02 Å². The minimum atomic E-state index is -0.502. The lowest BCUT2D eigenvalue weighted by atomic mass is 9.78. The molecule has 1 aliphatic carbocycles. The fourth-order valence-electron chi connectivity index (χ4n) is 2.84. The van der Waals surface area contributed by atoms with Gasteiger partial charge in [0, 0.05) is 18.1 Å². The van der Waals surface area contributed by atoms with E-state index in [1.807, 2.05) is 24.3 Å². The van der Waals surface area contributed by atoms with Gasteiger partial charge in [-0.15, -0.1) is 0 Å². The highest BCUT2D eigenvalue weighted by molar-refractivity contribution is 6.30. The third kappa shape index (κ3) is 4.48. The van der Waals surface area contributed by atoms with Gasteiger partial charge in [-0.05, 0) is 49.3 Å². The highest BCUT2D eigenvalue weighted by atomic mass is 35.5. The molecule has 0 atom stereocenters. The SMILES string of the molecule is CCC1CCC(O)(CNCc2ccc(Cl)cc2)CC1. The van der Waals surface area contributed by atoms with E-state index in [1.54, 1.807) is 0 Å². The van der Waals surface area contributed by atoms with Gasteiger partial charge in [-0.2, -0.15) is 0 Å². The fourth-order valence-corrected chi connectivity index (χ4v) is 2.97. The smallest absolute Gasteiger partial charge is 0.0771 e. The summed E-state index contributed by atoms with van der Waals surface area (Å²) in [4.78, 5) is 0. The van der Waals surface area contributed by atoms with E-state index in [0.717, 1.165) is 43.2 Å². The molecule has 0 aromatic heterocycles. The standard InChI is InChI=1S/C16H24ClNO/c1-2-13-7-9-16(19,10-8-13)12-18-11-14-3-5-15(17)6-4-14/h3-6,13,18-19H,2,7-12H2,1H3. The number of hydrogen-bond acceptors (Lipinski definition) is 2. The lowest BCUT2D eigenvalue weighted by Gasteiger charge is -2.36. The van der Waals surface area contributed by atoms with Gasteiger partial charge >= 0.3 is 0 Å². The van der Waals surface area contributed by atoms with Crippen molar-refractivity contribution in [2.45, 2.75) is 51.2 Å². The molecule has 1 saturated carbocycles. The van der Waals surface area contributed by atoms with Gasteiger partial charge < -0.3 is 10.4 Å². The zero-order valence-electron chi connectivity index (χ0n) is 11.7. The molecular weight excluding hydrogens is 258 g/mol. The summed E-state index contributed by atoms with van der Waals surface area (Å²) in [6.45, 7) is 3.72. The van der Waals surface area contributed by atoms with Crippen LogP contribution in [0.25, 0.3) is 0 Å². The maximum Gasteiger partial charge on any atom is 0.0771 e. The van der Waals surface area contributed by atoms with E-state index in [0.29, 0.717) is 6.54 Å². The number of rotatable bonds is 5. The van der Waals surface area contributed by atoms with Crippen LogP contribution in [-0.2, 0) is 6.54 Å². The highest BCUT2D eigenvalue weighted by Gasteiger charge is 2.31. The second-order valence-corrected chi connectivity index (χ2v) is 6.24. The lowest BCUT2D eigenvalue weighted by Crippen LogP contribution is -2.43. The summed E-state index contributed by atoms with van der Waals surface area (Å²) in [6.07, 6.45) is 5.43. The number of benzene rings is 1. The van der Waals surface area contributed by atoms with Crippen molar-refractivity contribution in [2.75, 3.05) is 6.54 Å². The number of halogens is 1. The molecule has 0 bridgehead atoms. The van der Waals surface area contributed by atoms with Gasteiger partial charge in [-0.25, -0.2) is 0 Å². The van der Waals surface area contributed by atoms with Gasteiger partial charge in [-0.3, -0.25) is 0 Å². The van der Waals surface area contributed by atoms with Crippen LogP contribution in [0.4, 0.5) is 0 Å². The molecule has 0 radical (unpaired) electrons. The number of hydrogen-bond donors (Lipinski definition) is 2. The summed E-state index contributed by atoms with van der Waals surface area (Å²) in [5, 5.41) is 14.7. The van der Waals surface area contributed by atoms with E-state index in [9.17, 15) is 5.11 Å². The molecule has 1 aliphatic rings. The quantitative estimate of drug-likeness (QED) is 0.861. The summed E-state index contributed by atoms with van der Waals surface area (Å²) in [6, 6.07) is 7.85. The first-order valence-corrected chi connectivity index (χ1v) is 7.67. The van der Waals surface area contributed by atoms with Crippen LogP contribution in [-0.4, -0.2) is 17.3 Å². The predicted molar refractivity (Wildman–Crippen MR) is 80.4 cm³/mol. The van der Waals surface area contributed by atoms with Crippen molar-refractivity contribution in [3.63, 3.8) is 0 Å². The Morgan fingerprint density at radius 2 is 1.89 bits per heavy atom. The monoisotopic (exact) mass is 281 g/mol. The summed E-state index contributed by atoms with van der Waals surface area (Å²) < 4.78 is 0. The molecule has 1 aromatic carbocycles. The van der Waals surface area contributed by atoms with Crippen molar-refractivity contribution >= 4 is 11.6 Å². The zero-order valence-corrected chi connectivity index (χ0v) is 12.4. The minimum absolute atomic E-state index is 0.502. The average Bonchev–Trinajstić information content (AvgIpc) is 2.42. The Hall–Kier alpha value is -0.570. The van der Waals surface area contributed by atoms with Crippen LogP contribution in [0.15, 0.2) is 24.3 Å². The Bertz CT molecular complexity index is 382. The van der Waals surface area contributed by atoms with Gasteiger partial charge in [0.25, 0.3) is 0 Å². The predicted octanol–water partition coefficient (Wildman–Crippen LogP) is 3.76. The van der Waals surface area contributed by atoms with Crippen LogP contribution >= 0.6 is 11.6 Å². The molecule has 0 heterocycles. The molecule has 3 heteroatoms. The Morgan fingerprint density at radius 3 is 2.47 bits per heavy atom. The average molecular weight is 282 g/mol. The Kier molecular flexibility index (Phi) is 5.26. The molecule has 0 amide bonds. The number of nitrogens with one attached hydrogen (secondary N) is 1. The fraction of sp³-hybridized carbons (Fsp3) is 0.625. The first-order chi connectivity index (χ1) is 9.11. The third-order valence-corrected chi connectivity index (χ3v) is 4.56. The molecule has 1 aromatic rings. The van der Waals surface area contributed by atoms with Crippen molar-refractivity contribution in [3.05, 3.63) is 34.9 Å². The Morgan fingerprint density at radius 1 is 1.26 bits per heavy atom. The molecule has 1 fully saturated rings. The van der Waals surface area contributed by atoms with E-state index in [1.165, 1.54) is 12.0 Å². The van der Waals surface area contributed by atoms with Crippen LogP contribution in [0, 0.1) is 5.92 Å². The van der Waals surface area contributed by atoms with Crippen LogP contribution in [0.3, 0.4) is 0 Å². The van der Waals surface area contributed by atoms with Crippen molar-refractivity contribution < 1.29 is 5.11 Å². The third-order valence-electron chi connectivity index (χ3n) is 4.31. The van der Waals surface area contributed by atoms with Gasteiger partial charge in [0.1, 0.15) is 0 Å². The van der Waals surface area contributed by atoms with Crippen LogP contribution in [0.5, 0.6) is 0 Å². The largest absolute Gasteiger partial charge is 0.389 e. The summed E-state index contributed by atoms with van der Waals surface area (Å²) in [5.74, 6) is 0.816. The molecule has 0 saturated heterocycles. The molecule has 106 valence electrons. The van der Waals surface area contributed by atoms with E-state index in [2.05, 4.69) is 12.2 Å². The first-order valence-electron chi connectivity index (χ1n) is 7.29. The second kappa shape index (κ2) is 6.74. The second-order valence-electron chi connectivity index (χ2n) is 5.81. The van der Waals surface area contributed by atoms with Gasteiger partial charge in [0.15, 0.2) is 0 Å². The summed E-state index contributed by atoms with van der Waals surface area (Å²) in [7, 11) is 0. The zero-order chi connectivity index (χ0) is 13.7. The number of aliphatic hydroxyl groups is 1. The molecule has 2 rings (SSSR count). The molecule has 2 N–H and O–H groups in total. The van der Waals surface area contributed by atoms with Crippen molar-refractivity contribution in [3.8, 4) is 0 Å². The maximum atomic E-state index is 10.5. The molecule has 0 unspecified atom stereocenters. The summed E-state index contributed by atoms with van der Waals surface area (Å²) >= 11 is 5.86. The van der Waals surface area contributed by atoms with E-state index in [4.69, 9.17) is 11.6 Å². The normalized spacial score (nSPS) is 27.4. The molecule has 0 spiro atoms. The van der Waals surface area contributed by atoms with E-state index >= 15 is 0 Å². The summed E-state index contributed by atoms with van der Waals surface area (Å²) in [5.41, 5.74) is 0.702. The van der Waals surface area contributed by atoms with Crippen molar-refractivity contribution in [1.82, 2.24) is 5.32 Å². The van der Waals surface area contributed by atoms with E-state index < -0.39 is 5.60 Å². The van der Waals surface area contributed by atoms with Crippen molar-refractivity contribution in [2.24, 2.45) is 5.92 Å². The first kappa shape index (κ1) is 14.8. The van der Waals surface area contributed by atoms with Crippen molar-refractivity contribution in [1.29, 1.82) is 0 Å². The topological polar surface area (TPSA) is 32.3 Å². The highest BCUT2D eigenvalue weighted by Crippen LogP contribution is 2.33. The molecule has 19 heavy (non-hydrogen) atoms. The van der Waals surface area contributed by atoms with Gasteiger partial charge in [0.2, 0.25) is 0 Å².